The summed E-state index contributed by atoms with van der Waals surface area (Å²) in [4.78, 5) is 12.9. The molecule has 0 aliphatic heterocycles. The molecule has 0 fully saturated rings. The van der Waals surface area contributed by atoms with Gasteiger partial charge in [-0.3, -0.25) is 0 Å². The largest absolute Gasteiger partial charge is 0.354 e. The minimum Gasteiger partial charge on any atom is -0.354 e. The fourth-order valence-electron chi connectivity index (χ4n) is 1.11. The number of nitrogens with zero attached hydrogens (tertiary/aromatic N) is 4. The lowest BCUT2D eigenvalue weighted by Crippen LogP contribution is -2.26. The van der Waals surface area contributed by atoms with Crippen molar-refractivity contribution in [1.29, 1.82) is 0 Å². The molecule has 5 nitrogen and oxygen atoms in total. The maximum atomic E-state index is 12.2. The van der Waals surface area contributed by atoms with E-state index < -0.39 is 13.0 Å². The van der Waals surface area contributed by atoms with Crippen molar-refractivity contribution in [3.8, 4) is 0 Å². The molecule has 0 unspecified atom stereocenters. The highest BCUT2D eigenvalue weighted by Gasteiger charge is 2.13. The number of aromatic nitrogens is 3. The number of rotatable bonds is 6. The van der Waals surface area contributed by atoms with Gasteiger partial charge >= 0.3 is 0 Å². The van der Waals surface area contributed by atoms with Crippen LogP contribution < -0.4 is 10.2 Å². The lowest BCUT2D eigenvalue weighted by molar-refractivity contribution is 0.156. The maximum Gasteiger partial charge on any atom is 0.255 e. The third-order valence-corrected chi connectivity index (χ3v) is 2.05. The van der Waals surface area contributed by atoms with Crippen LogP contribution in [0.4, 0.5) is 20.7 Å². The molecule has 0 atom stereocenters. The summed E-state index contributed by atoms with van der Waals surface area (Å²) < 4.78 is 24.4. The Balaban J connectivity index is 2.80. The van der Waals surface area contributed by atoms with Crippen molar-refractivity contribution in [3.63, 3.8) is 0 Å². The Kier molecular flexibility index (Phi) is 5.27. The van der Waals surface area contributed by atoms with E-state index in [-0.39, 0.29) is 11.2 Å². The van der Waals surface area contributed by atoms with Gasteiger partial charge in [-0.1, -0.05) is 6.92 Å². The molecule has 1 aromatic heterocycles. The predicted molar refractivity (Wildman–Crippen MR) is 62.9 cm³/mol. The monoisotopic (exact) mass is 265 g/mol. The molecule has 0 aromatic carbocycles. The van der Waals surface area contributed by atoms with Crippen molar-refractivity contribution in [3.05, 3.63) is 5.28 Å². The van der Waals surface area contributed by atoms with Crippen molar-refractivity contribution < 1.29 is 8.78 Å². The zero-order valence-corrected chi connectivity index (χ0v) is 10.4. The van der Waals surface area contributed by atoms with Crippen molar-refractivity contribution in [2.75, 3.05) is 30.4 Å². The van der Waals surface area contributed by atoms with Crippen molar-refractivity contribution in [1.82, 2.24) is 15.0 Å². The molecule has 96 valence electrons. The molecular weight excluding hydrogens is 252 g/mol. The van der Waals surface area contributed by atoms with E-state index in [0.29, 0.717) is 12.5 Å². The van der Waals surface area contributed by atoms with Crippen LogP contribution in [-0.2, 0) is 0 Å². The predicted octanol–water partition coefficient (Wildman–Crippen LogP) is 2.05. The second-order valence-corrected chi connectivity index (χ2v) is 3.76. The first-order valence-electron chi connectivity index (χ1n) is 5.17. The van der Waals surface area contributed by atoms with Gasteiger partial charge < -0.3 is 10.2 Å². The third-order valence-electron chi connectivity index (χ3n) is 1.88. The van der Waals surface area contributed by atoms with E-state index in [1.807, 2.05) is 6.92 Å². The molecule has 0 saturated heterocycles. The van der Waals surface area contributed by atoms with Gasteiger partial charge in [0.15, 0.2) is 0 Å². The Morgan fingerprint density at radius 2 is 2.06 bits per heavy atom. The molecule has 0 saturated carbocycles. The van der Waals surface area contributed by atoms with E-state index in [2.05, 4.69) is 20.3 Å². The van der Waals surface area contributed by atoms with Gasteiger partial charge in [0.25, 0.3) is 6.43 Å². The lowest BCUT2D eigenvalue weighted by atomic mass is 10.5. The molecule has 8 heteroatoms. The molecule has 17 heavy (non-hydrogen) atoms. The summed E-state index contributed by atoms with van der Waals surface area (Å²) in [6.07, 6.45) is -1.56. The van der Waals surface area contributed by atoms with Gasteiger partial charge in [-0.15, -0.1) is 0 Å². The van der Waals surface area contributed by atoms with Crippen LogP contribution in [0.15, 0.2) is 0 Å². The highest BCUT2D eigenvalue weighted by Crippen LogP contribution is 2.13. The second-order valence-electron chi connectivity index (χ2n) is 3.43. The molecule has 1 N–H and O–H groups in total. The van der Waals surface area contributed by atoms with E-state index >= 15 is 0 Å². The summed E-state index contributed by atoms with van der Waals surface area (Å²) in [5, 5.41) is 2.90. The first-order chi connectivity index (χ1) is 8.02. The standard InChI is InChI=1S/C9H14ClF2N5/c1-3-4-13-8-14-7(10)15-9(16-8)17(2)5-6(11)12/h6H,3-5H2,1-2H3,(H,13,14,15,16). The van der Waals surface area contributed by atoms with Gasteiger partial charge in [0.1, 0.15) is 0 Å². The van der Waals surface area contributed by atoms with Crippen LogP contribution in [0.3, 0.4) is 0 Å². The van der Waals surface area contributed by atoms with Gasteiger partial charge in [0.05, 0.1) is 6.54 Å². The summed E-state index contributed by atoms with van der Waals surface area (Å²) in [5.41, 5.74) is 0. The number of hydrogen-bond acceptors (Lipinski definition) is 5. The number of hydrogen-bond donors (Lipinski definition) is 1. The Morgan fingerprint density at radius 1 is 1.35 bits per heavy atom. The number of nitrogens with one attached hydrogen (secondary N) is 1. The number of alkyl halides is 2. The zero-order valence-electron chi connectivity index (χ0n) is 9.62. The molecular formula is C9H14ClF2N5. The van der Waals surface area contributed by atoms with Crippen molar-refractivity contribution >= 4 is 23.5 Å². The van der Waals surface area contributed by atoms with E-state index in [1.54, 1.807) is 0 Å². The van der Waals surface area contributed by atoms with Gasteiger partial charge in [0, 0.05) is 13.6 Å². The van der Waals surface area contributed by atoms with Gasteiger partial charge in [-0.2, -0.15) is 15.0 Å². The summed E-state index contributed by atoms with van der Waals surface area (Å²) in [6.45, 7) is 2.21. The molecule has 1 aromatic rings. The van der Waals surface area contributed by atoms with E-state index in [4.69, 9.17) is 11.6 Å². The first kappa shape index (κ1) is 13.8. The Bertz CT molecular complexity index is 363. The first-order valence-corrected chi connectivity index (χ1v) is 5.55. The van der Waals surface area contributed by atoms with Gasteiger partial charge in [-0.05, 0) is 18.0 Å². The fourth-order valence-corrected chi connectivity index (χ4v) is 1.27. The molecule has 0 aliphatic rings. The van der Waals surface area contributed by atoms with Crippen molar-refractivity contribution in [2.24, 2.45) is 0 Å². The highest BCUT2D eigenvalue weighted by atomic mass is 35.5. The van der Waals surface area contributed by atoms with Crippen LogP contribution in [0.25, 0.3) is 0 Å². The average molecular weight is 266 g/mol. The van der Waals surface area contributed by atoms with Crippen LogP contribution in [0, 0.1) is 0 Å². The molecule has 1 rings (SSSR count). The smallest absolute Gasteiger partial charge is 0.255 e. The van der Waals surface area contributed by atoms with Crippen LogP contribution in [0.2, 0.25) is 5.28 Å². The topological polar surface area (TPSA) is 53.9 Å². The molecule has 0 bridgehead atoms. The summed E-state index contributed by atoms with van der Waals surface area (Å²) in [5.74, 6) is 0.423. The van der Waals surface area contributed by atoms with Gasteiger partial charge in [-0.25, -0.2) is 8.78 Å². The average Bonchev–Trinajstić information content (AvgIpc) is 2.24. The Labute approximate surface area is 103 Å². The maximum absolute atomic E-state index is 12.2. The van der Waals surface area contributed by atoms with E-state index in [0.717, 1.165) is 6.42 Å². The van der Waals surface area contributed by atoms with Gasteiger partial charge in [0.2, 0.25) is 17.2 Å². The van der Waals surface area contributed by atoms with Crippen LogP contribution in [-0.4, -0.2) is 41.5 Å². The van der Waals surface area contributed by atoms with E-state index in [9.17, 15) is 8.78 Å². The molecule has 0 amide bonds. The third kappa shape index (κ3) is 4.64. The van der Waals surface area contributed by atoms with E-state index in [1.165, 1.54) is 11.9 Å². The fraction of sp³-hybridized carbons (Fsp3) is 0.667. The highest BCUT2D eigenvalue weighted by molar-refractivity contribution is 6.28. The zero-order chi connectivity index (χ0) is 12.8. The quantitative estimate of drug-likeness (QED) is 0.853. The normalized spacial score (nSPS) is 10.7. The molecule has 0 aliphatic carbocycles. The van der Waals surface area contributed by atoms with Crippen molar-refractivity contribution in [2.45, 2.75) is 19.8 Å². The molecule has 1 heterocycles. The lowest BCUT2D eigenvalue weighted by Gasteiger charge is -2.16. The number of anilines is 2. The Hall–Kier alpha value is -1.24. The Morgan fingerprint density at radius 3 is 2.65 bits per heavy atom. The number of halogens is 3. The van der Waals surface area contributed by atoms with Crippen LogP contribution in [0.1, 0.15) is 13.3 Å². The minimum absolute atomic E-state index is 0.0188. The summed E-state index contributed by atoms with van der Waals surface area (Å²) in [6, 6.07) is 0. The summed E-state index contributed by atoms with van der Waals surface area (Å²) in [7, 11) is 1.47. The second kappa shape index (κ2) is 6.48. The molecule has 0 radical (unpaired) electrons. The minimum atomic E-state index is -2.46. The molecule has 0 spiro atoms. The van der Waals surface area contributed by atoms with Crippen LogP contribution in [0.5, 0.6) is 0 Å². The van der Waals surface area contributed by atoms with Crippen LogP contribution >= 0.6 is 11.6 Å². The summed E-state index contributed by atoms with van der Waals surface area (Å²) >= 11 is 5.69. The SMILES string of the molecule is CCCNc1nc(Cl)nc(N(C)CC(F)F)n1.